The molecule has 18 heavy (non-hydrogen) atoms. The fraction of sp³-hybridized carbons (Fsp3) is 0.571. The molecule has 2 atom stereocenters. The van der Waals surface area contributed by atoms with Crippen molar-refractivity contribution in [1.82, 2.24) is 5.32 Å². The number of halogens is 2. The van der Waals surface area contributed by atoms with Gasteiger partial charge in [0.2, 0.25) is 0 Å². The zero-order valence-corrected chi connectivity index (χ0v) is 11.9. The van der Waals surface area contributed by atoms with Crippen LogP contribution in [0.15, 0.2) is 22.7 Å². The van der Waals surface area contributed by atoms with Gasteiger partial charge < -0.3 is 10.4 Å². The van der Waals surface area contributed by atoms with E-state index in [1.807, 2.05) is 0 Å². The molecule has 0 bridgehead atoms. The number of benzene rings is 1. The van der Waals surface area contributed by atoms with Crippen molar-refractivity contribution in [1.29, 1.82) is 0 Å². The van der Waals surface area contributed by atoms with Crippen molar-refractivity contribution in [3.8, 4) is 0 Å². The van der Waals surface area contributed by atoms with Crippen LogP contribution < -0.4 is 5.32 Å². The molecule has 0 amide bonds. The topological polar surface area (TPSA) is 32.3 Å². The summed E-state index contributed by atoms with van der Waals surface area (Å²) in [6.07, 6.45) is 5.11. The maximum Gasteiger partial charge on any atom is 0.124 e. The summed E-state index contributed by atoms with van der Waals surface area (Å²) < 4.78 is 13.7. The van der Waals surface area contributed by atoms with E-state index in [0.29, 0.717) is 6.54 Å². The smallest absolute Gasteiger partial charge is 0.124 e. The molecule has 2 unspecified atom stereocenters. The fourth-order valence-corrected chi connectivity index (χ4v) is 2.92. The zero-order chi connectivity index (χ0) is 13.0. The van der Waals surface area contributed by atoms with E-state index in [0.717, 1.165) is 29.3 Å². The highest BCUT2D eigenvalue weighted by Gasteiger charge is 2.20. The molecule has 1 aliphatic rings. The van der Waals surface area contributed by atoms with Gasteiger partial charge in [0.15, 0.2) is 0 Å². The molecule has 2 nitrogen and oxygen atoms in total. The molecule has 1 fully saturated rings. The van der Waals surface area contributed by atoms with E-state index in [1.54, 1.807) is 6.07 Å². The summed E-state index contributed by atoms with van der Waals surface area (Å²) in [5.41, 5.74) is 1.02. The minimum atomic E-state index is -0.258. The molecule has 2 N–H and O–H groups in total. The molecular weight excluding hydrogens is 297 g/mol. The van der Waals surface area contributed by atoms with Crippen LogP contribution in [0, 0.1) is 5.82 Å². The molecule has 1 saturated carbocycles. The van der Waals surface area contributed by atoms with Crippen LogP contribution >= 0.6 is 15.9 Å². The van der Waals surface area contributed by atoms with Crippen LogP contribution in [0.3, 0.4) is 0 Å². The van der Waals surface area contributed by atoms with Crippen LogP contribution in [0.4, 0.5) is 4.39 Å². The molecular formula is C14H19BrFNO. The fourth-order valence-electron chi connectivity index (χ4n) is 2.43. The van der Waals surface area contributed by atoms with E-state index in [9.17, 15) is 9.50 Å². The van der Waals surface area contributed by atoms with Crippen molar-refractivity contribution < 1.29 is 9.50 Å². The summed E-state index contributed by atoms with van der Waals surface area (Å²) in [5, 5.41) is 13.4. The predicted molar refractivity (Wildman–Crippen MR) is 73.8 cm³/mol. The molecule has 4 heteroatoms. The largest absolute Gasteiger partial charge is 0.392 e. The SMILES string of the molecule is OC1CCCCCC1NCc1ccc(F)cc1Br. The Kier molecular flexibility index (Phi) is 5.15. The molecule has 0 radical (unpaired) electrons. The van der Waals surface area contributed by atoms with Crippen LogP contribution in [-0.2, 0) is 6.54 Å². The molecule has 1 aromatic rings. The van der Waals surface area contributed by atoms with Gasteiger partial charge in [0.1, 0.15) is 5.82 Å². The summed E-state index contributed by atoms with van der Waals surface area (Å²) in [6.45, 7) is 0.655. The van der Waals surface area contributed by atoms with E-state index in [2.05, 4.69) is 21.2 Å². The van der Waals surface area contributed by atoms with Crippen molar-refractivity contribution in [2.45, 2.75) is 50.8 Å². The Morgan fingerprint density at radius 3 is 2.83 bits per heavy atom. The first-order chi connectivity index (χ1) is 8.66. The number of aliphatic hydroxyl groups excluding tert-OH is 1. The second kappa shape index (κ2) is 6.64. The van der Waals surface area contributed by atoms with Crippen molar-refractivity contribution in [3.05, 3.63) is 34.1 Å². The van der Waals surface area contributed by atoms with Crippen molar-refractivity contribution in [2.75, 3.05) is 0 Å². The Bertz CT molecular complexity index is 399. The molecule has 0 spiro atoms. The first-order valence-corrected chi connectivity index (χ1v) is 7.31. The summed E-state index contributed by atoms with van der Waals surface area (Å²) in [5.74, 6) is -0.236. The van der Waals surface area contributed by atoms with Crippen LogP contribution in [0.5, 0.6) is 0 Å². The number of aliphatic hydroxyl groups is 1. The van der Waals surface area contributed by atoms with E-state index in [1.165, 1.54) is 25.0 Å². The Morgan fingerprint density at radius 2 is 2.06 bits per heavy atom. The Morgan fingerprint density at radius 1 is 1.28 bits per heavy atom. The highest BCUT2D eigenvalue weighted by molar-refractivity contribution is 9.10. The molecule has 2 rings (SSSR count). The van der Waals surface area contributed by atoms with E-state index in [-0.39, 0.29) is 18.0 Å². The lowest BCUT2D eigenvalue weighted by molar-refractivity contribution is 0.119. The van der Waals surface area contributed by atoms with Gasteiger partial charge in [-0.05, 0) is 30.5 Å². The summed E-state index contributed by atoms with van der Waals surface area (Å²) in [4.78, 5) is 0. The lowest BCUT2D eigenvalue weighted by Crippen LogP contribution is -2.38. The van der Waals surface area contributed by atoms with Crippen LogP contribution in [0.1, 0.15) is 37.7 Å². The van der Waals surface area contributed by atoms with Gasteiger partial charge in [-0.3, -0.25) is 0 Å². The molecule has 0 heterocycles. The Labute approximate surface area is 116 Å². The van der Waals surface area contributed by atoms with Crippen LogP contribution in [-0.4, -0.2) is 17.3 Å². The van der Waals surface area contributed by atoms with Crippen LogP contribution in [0.2, 0.25) is 0 Å². The molecule has 0 saturated heterocycles. The van der Waals surface area contributed by atoms with Gasteiger partial charge in [-0.2, -0.15) is 0 Å². The van der Waals surface area contributed by atoms with Gasteiger partial charge in [0.05, 0.1) is 6.10 Å². The molecule has 100 valence electrons. The quantitative estimate of drug-likeness (QED) is 0.838. The van der Waals surface area contributed by atoms with Gasteiger partial charge in [0, 0.05) is 17.1 Å². The molecule has 1 aliphatic carbocycles. The highest BCUT2D eigenvalue weighted by atomic mass is 79.9. The molecule has 0 aromatic heterocycles. The van der Waals surface area contributed by atoms with Gasteiger partial charge in [-0.1, -0.05) is 41.3 Å². The average Bonchev–Trinajstić information content (AvgIpc) is 2.53. The molecule has 1 aromatic carbocycles. The predicted octanol–water partition coefficient (Wildman–Crippen LogP) is 3.37. The maximum absolute atomic E-state index is 13.0. The minimum absolute atomic E-state index is 0.157. The van der Waals surface area contributed by atoms with Crippen LogP contribution in [0.25, 0.3) is 0 Å². The van der Waals surface area contributed by atoms with Gasteiger partial charge in [0.25, 0.3) is 0 Å². The highest BCUT2D eigenvalue weighted by Crippen LogP contribution is 2.21. The molecule has 0 aliphatic heterocycles. The van der Waals surface area contributed by atoms with E-state index >= 15 is 0 Å². The average molecular weight is 316 g/mol. The van der Waals surface area contributed by atoms with Gasteiger partial charge in [-0.15, -0.1) is 0 Å². The summed E-state index contributed by atoms with van der Waals surface area (Å²) >= 11 is 3.36. The maximum atomic E-state index is 13.0. The first-order valence-electron chi connectivity index (χ1n) is 6.52. The van der Waals surface area contributed by atoms with Gasteiger partial charge in [-0.25, -0.2) is 4.39 Å². The van der Waals surface area contributed by atoms with Crippen molar-refractivity contribution >= 4 is 15.9 Å². The first kappa shape index (κ1) is 14.0. The van der Waals surface area contributed by atoms with Crippen molar-refractivity contribution in [2.24, 2.45) is 0 Å². The van der Waals surface area contributed by atoms with E-state index in [4.69, 9.17) is 0 Å². The summed E-state index contributed by atoms with van der Waals surface area (Å²) in [6, 6.07) is 4.87. The van der Waals surface area contributed by atoms with Crippen molar-refractivity contribution in [3.63, 3.8) is 0 Å². The normalized spacial score (nSPS) is 24.8. The lowest BCUT2D eigenvalue weighted by atomic mass is 10.1. The standard InChI is InChI=1S/C14H19BrFNO/c15-12-8-11(16)7-6-10(12)9-17-13-4-2-1-3-5-14(13)18/h6-8,13-14,17-18H,1-5,9H2. The second-order valence-electron chi connectivity index (χ2n) is 4.93. The van der Waals surface area contributed by atoms with E-state index < -0.39 is 0 Å². The Hall–Kier alpha value is -0.450. The second-order valence-corrected chi connectivity index (χ2v) is 5.78. The zero-order valence-electron chi connectivity index (χ0n) is 10.3. The lowest BCUT2D eigenvalue weighted by Gasteiger charge is -2.22. The number of rotatable bonds is 3. The third-order valence-electron chi connectivity index (χ3n) is 3.55. The number of hydrogen-bond acceptors (Lipinski definition) is 2. The monoisotopic (exact) mass is 315 g/mol. The Balaban J connectivity index is 1.93. The van der Waals surface area contributed by atoms with Gasteiger partial charge >= 0.3 is 0 Å². The number of hydrogen-bond donors (Lipinski definition) is 2. The third kappa shape index (κ3) is 3.77. The minimum Gasteiger partial charge on any atom is -0.392 e. The third-order valence-corrected chi connectivity index (χ3v) is 4.29. The summed E-state index contributed by atoms with van der Waals surface area (Å²) in [7, 11) is 0. The number of nitrogens with one attached hydrogen (secondary N) is 1.